The zero-order chi connectivity index (χ0) is 11.6. The molecule has 0 saturated heterocycles. The van der Waals surface area contributed by atoms with E-state index in [1.165, 1.54) is 18.1 Å². The van der Waals surface area contributed by atoms with E-state index in [1.807, 2.05) is 6.92 Å². The quantitative estimate of drug-likeness (QED) is 0.760. The number of aryl methyl sites for hydroxylation is 2. The number of hydrogen-bond acceptors (Lipinski definition) is 4. The molecule has 84 valence electrons. The molecule has 0 aliphatic carbocycles. The van der Waals surface area contributed by atoms with Crippen molar-refractivity contribution >= 4 is 10.0 Å². The fourth-order valence-corrected chi connectivity index (χ4v) is 2.02. The molecule has 0 fully saturated rings. The fourth-order valence-electron chi connectivity index (χ4n) is 1.18. The van der Waals surface area contributed by atoms with E-state index in [4.69, 9.17) is 9.94 Å². The molecule has 0 unspecified atom stereocenters. The van der Waals surface area contributed by atoms with Crippen LogP contribution in [0.1, 0.15) is 11.1 Å². The van der Waals surface area contributed by atoms with E-state index < -0.39 is 10.0 Å². The van der Waals surface area contributed by atoms with Crippen molar-refractivity contribution in [2.45, 2.75) is 18.7 Å². The van der Waals surface area contributed by atoms with E-state index in [-0.39, 0.29) is 10.6 Å². The molecule has 0 spiro atoms. The largest absolute Gasteiger partial charge is 0.495 e. The molecule has 1 aromatic carbocycles. The first-order valence-corrected chi connectivity index (χ1v) is 5.72. The first-order valence-electron chi connectivity index (χ1n) is 4.23. The molecule has 0 aliphatic heterocycles. The minimum Gasteiger partial charge on any atom is -0.495 e. The standard InChI is InChI=1S/C9H13NO4S/c1-6-4-8(14-3)9(5-7(6)2)15(12,13)10-11/h4-5,10-11H,1-3H3. The molecule has 15 heavy (non-hydrogen) atoms. The fraction of sp³-hybridized carbons (Fsp3) is 0.333. The predicted molar refractivity (Wildman–Crippen MR) is 54.6 cm³/mol. The predicted octanol–water partition coefficient (Wildman–Crippen LogP) is 0.980. The van der Waals surface area contributed by atoms with Crippen LogP contribution in [0.25, 0.3) is 0 Å². The van der Waals surface area contributed by atoms with Gasteiger partial charge in [-0.05, 0) is 37.1 Å². The summed E-state index contributed by atoms with van der Waals surface area (Å²) >= 11 is 0. The lowest BCUT2D eigenvalue weighted by molar-refractivity contribution is 0.242. The second-order valence-electron chi connectivity index (χ2n) is 3.18. The Morgan fingerprint density at radius 1 is 1.27 bits per heavy atom. The summed E-state index contributed by atoms with van der Waals surface area (Å²) in [5.74, 6) is 0.208. The van der Waals surface area contributed by atoms with Gasteiger partial charge in [0.2, 0.25) is 0 Å². The third-order valence-corrected chi connectivity index (χ3v) is 3.33. The number of ether oxygens (including phenoxy) is 1. The first kappa shape index (κ1) is 12.0. The summed E-state index contributed by atoms with van der Waals surface area (Å²) in [7, 11) is -2.52. The summed E-state index contributed by atoms with van der Waals surface area (Å²) in [6.07, 6.45) is 0. The zero-order valence-electron chi connectivity index (χ0n) is 8.73. The highest BCUT2D eigenvalue weighted by Crippen LogP contribution is 2.26. The second-order valence-corrected chi connectivity index (χ2v) is 4.81. The topological polar surface area (TPSA) is 75.6 Å². The van der Waals surface area contributed by atoms with E-state index >= 15 is 0 Å². The first-order chi connectivity index (χ1) is 6.92. The third-order valence-electron chi connectivity index (χ3n) is 2.19. The molecule has 0 radical (unpaired) electrons. The Morgan fingerprint density at radius 2 is 1.80 bits per heavy atom. The Labute approximate surface area is 88.7 Å². The van der Waals surface area contributed by atoms with Gasteiger partial charge in [0.1, 0.15) is 10.6 Å². The maximum Gasteiger partial charge on any atom is 0.265 e. The number of nitrogens with one attached hydrogen (secondary N) is 1. The minimum absolute atomic E-state index is 0.0735. The van der Waals surface area contributed by atoms with Crippen molar-refractivity contribution in [3.05, 3.63) is 23.3 Å². The van der Waals surface area contributed by atoms with E-state index in [1.54, 1.807) is 13.0 Å². The van der Waals surface area contributed by atoms with Crippen LogP contribution in [-0.4, -0.2) is 20.7 Å². The van der Waals surface area contributed by atoms with Crippen LogP contribution in [0, 0.1) is 13.8 Å². The van der Waals surface area contributed by atoms with Gasteiger partial charge < -0.3 is 9.94 Å². The third kappa shape index (κ3) is 2.28. The Hall–Kier alpha value is -1.11. The highest BCUT2D eigenvalue weighted by molar-refractivity contribution is 7.89. The molecule has 0 saturated carbocycles. The molecular weight excluding hydrogens is 218 g/mol. The van der Waals surface area contributed by atoms with E-state index in [2.05, 4.69) is 0 Å². The molecule has 0 aromatic heterocycles. The highest BCUT2D eigenvalue weighted by Gasteiger charge is 2.19. The van der Waals surface area contributed by atoms with Gasteiger partial charge in [-0.25, -0.2) is 8.42 Å². The molecule has 0 heterocycles. The monoisotopic (exact) mass is 231 g/mol. The van der Waals surface area contributed by atoms with E-state index in [0.29, 0.717) is 0 Å². The van der Waals surface area contributed by atoms with E-state index in [0.717, 1.165) is 11.1 Å². The van der Waals surface area contributed by atoms with Gasteiger partial charge in [0.25, 0.3) is 10.0 Å². The summed E-state index contributed by atoms with van der Waals surface area (Å²) in [5.41, 5.74) is 1.73. The number of rotatable bonds is 3. The lowest BCUT2D eigenvalue weighted by atomic mass is 10.1. The van der Waals surface area contributed by atoms with Crippen LogP contribution in [0.4, 0.5) is 0 Å². The molecule has 1 rings (SSSR count). The maximum absolute atomic E-state index is 11.4. The Kier molecular flexibility index (Phi) is 3.33. The molecule has 5 nitrogen and oxygen atoms in total. The molecule has 0 aliphatic rings. The van der Waals surface area contributed by atoms with Gasteiger partial charge in [0, 0.05) is 0 Å². The molecule has 0 atom stereocenters. The number of hydrogen-bond donors (Lipinski definition) is 2. The van der Waals surface area contributed by atoms with Gasteiger partial charge >= 0.3 is 0 Å². The summed E-state index contributed by atoms with van der Waals surface area (Å²) < 4.78 is 27.7. The Balaban J connectivity index is 3.48. The maximum atomic E-state index is 11.4. The van der Waals surface area contributed by atoms with Gasteiger partial charge in [-0.15, -0.1) is 0 Å². The van der Waals surface area contributed by atoms with Crippen LogP contribution >= 0.6 is 0 Å². The number of sulfonamides is 1. The minimum atomic E-state index is -3.90. The average Bonchev–Trinajstić information content (AvgIpc) is 2.21. The Bertz CT molecular complexity index is 467. The van der Waals surface area contributed by atoms with Crippen molar-refractivity contribution in [2.75, 3.05) is 7.11 Å². The molecule has 6 heteroatoms. The van der Waals surface area contributed by atoms with Gasteiger partial charge in [0.05, 0.1) is 7.11 Å². The van der Waals surface area contributed by atoms with Crippen molar-refractivity contribution in [1.29, 1.82) is 0 Å². The normalized spacial score (nSPS) is 11.5. The van der Waals surface area contributed by atoms with Crippen molar-refractivity contribution in [3.8, 4) is 5.75 Å². The van der Waals surface area contributed by atoms with Crippen LogP contribution in [0.2, 0.25) is 0 Å². The van der Waals surface area contributed by atoms with Gasteiger partial charge in [-0.2, -0.15) is 0 Å². The van der Waals surface area contributed by atoms with Crippen LogP contribution in [0.5, 0.6) is 5.75 Å². The van der Waals surface area contributed by atoms with Crippen LogP contribution in [-0.2, 0) is 10.0 Å². The summed E-state index contributed by atoms with van der Waals surface area (Å²) in [4.78, 5) is 1.20. The zero-order valence-corrected chi connectivity index (χ0v) is 9.55. The van der Waals surface area contributed by atoms with Crippen molar-refractivity contribution in [3.63, 3.8) is 0 Å². The van der Waals surface area contributed by atoms with Crippen LogP contribution in [0.3, 0.4) is 0 Å². The van der Waals surface area contributed by atoms with Crippen molar-refractivity contribution in [1.82, 2.24) is 4.89 Å². The van der Waals surface area contributed by atoms with Gasteiger partial charge in [0.15, 0.2) is 0 Å². The van der Waals surface area contributed by atoms with Crippen LogP contribution < -0.4 is 9.62 Å². The second kappa shape index (κ2) is 4.18. The number of benzene rings is 1. The molecule has 0 bridgehead atoms. The molecular formula is C9H13NO4S. The summed E-state index contributed by atoms with van der Waals surface area (Å²) in [5, 5.41) is 8.53. The molecule has 2 N–H and O–H groups in total. The van der Waals surface area contributed by atoms with E-state index in [9.17, 15) is 8.42 Å². The SMILES string of the molecule is COc1cc(C)c(C)cc1S(=O)(=O)NO. The average molecular weight is 231 g/mol. The lowest BCUT2D eigenvalue weighted by Gasteiger charge is -2.10. The summed E-state index contributed by atoms with van der Waals surface area (Å²) in [6, 6.07) is 3.06. The van der Waals surface area contributed by atoms with Gasteiger partial charge in [-0.3, -0.25) is 0 Å². The van der Waals surface area contributed by atoms with Crippen molar-refractivity contribution < 1.29 is 18.4 Å². The molecule has 0 amide bonds. The Morgan fingerprint density at radius 3 is 2.27 bits per heavy atom. The molecule has 1 aromatic rings. The highest BCUT2D eigenvalue weighted by atomic mass is 32.2. The van der Waals surface area contributed by atoms with Gasteiger partial charge in [-0.1, -0.05) is 4.89 Å². The smallest absolute Gasteiger partial charge is 0.265 e. The lowest BCUT2D eigenvalue weighted by Crippen LogP contribution is -2.20. The van der Waals surface area contributed by atoms with Crippen molar-refractivity contribution in [2.24, 2.45) is 0 Å². The summed E-state index contributed by atoms with van der Waals surface area (Å²) in [6.45, 7) is 3.63. The van der Waals surface area contributed by atoms with Crippen LogP contribution in [0.15, 0.2) is 17.0 Å². The number of methoxy groups -OCH3 is 1.